The van der Waals surface area contributed by atoms with E-state index in [4.69, 9.17) is 11.6 Å². The monoisotopic (exact) mass is 499 g/mol. The third-order valence-corrected chi connectivity index (χ3v) is 7.93. The van der Waals surface area contributed by atoms with Gasteiger partial charge >= 0.3 is 0 Å². The van der Waals surface area contributed by atoms with Gasteiger partial charge in [-0.3, -0.25) is 4.79 Å². The lowest BCUT2D eigenvalue weighted by atomic mass is 9.72. The molecule has 0 aromatic heterocycles. The molecule has 4 rings (SSSR count). The van der Waals surface area contributed by atoms with Gasteiger partial charge in [0, 0.05) is 10.7 Å². The molecule has 0 heterocycles. The van der Waals surface area contributed by atoms with E-state index in [1.807, 2.05) is 42.5 Å². The molecule has 0 spiro atoms. The fourth-order valence-electron chi connectivity index (χ4n) is 5.30. The van der Waals surface area contributed by atoms with Gasteiger partial charge in [0.15, 0.2) is 0 Å². The Hall–Kier alpha value is -2.84. The first kappa shape index (κ1) is 26.2. The molecule has 1 aliphatic rings. The van der Waals surface area contributed by atoms with Crippen LogP contribution < -0.4 is 5.32 Å². The van der Waals surface area contributed by atoms with Crippen LogP contribution in [0.3, 0.4) is 0 Å². The second kappa shape index (κ2) is 11.0. The summed E-state index contributed by atoms with van der Waals surface area (Å²) in [5, 5.41) is 3.86. The van der Waals surface area contributed by atoms with Gasteiger partial charge in [-0.25, -0.2) is 0 Å². The number of anilines is 1. The van der Waals surface area contributed by atoms with Crippen molar-refractivity contribution in [2.45, 2.75) is 66.2 Å². The number of halogens is 1. The molecular formula is C33H38ClNO. The number of nitrogens with one attached hydrogen (secondary N) is 1. The van der Waals surface area contributed by atoms with E-state index in [0.29, 0.717) is 5.41 Å². The van der Waals surface area contributed by atoms with Crippen molar-refractivity contribution in [2.75, 3.05) is 5.32 Å². The summed E-state index contributed by atoms with van der Waals surface area (Å²) in [6, 6.07) is 22.6. The Kier molecular flexibility index (Phi) is 8.05. The maximum atomic E-state index is 13.2. The van der Waals surface area contributed by atoms with Gasteiger partial charge in [0.2, 0.25) is 5.91 Å². The number of aryl methyl sites for hydroxylation is 1. The summed E-state index contributed by atoms with van der Waals surface area (Å²) >= 11 is 6.10. The lowest BCUT2D eigenvalue weighted by Gasteiger charge is -2.33. The molecule has 2 nitrogen and oxygen atoms in total. The van der Waals surface area contributed by atoms with Crippen molar-refractivity contribution in [1.29, 1.82) is 0 Å². The second-order valence-corrected chi connectivity index (χ2v) is 11.6. The van der Waals surface area contributed by atoms with Gasteiger partial charge in [-0.15, -0.1) is 0 Å². The maximum absolute atomic E-state index is 13.2. The molecule has 0 saturated heterocycles. The Morgan fingerprint density at radius 1 is 1.00 bits per heavy atom. The maximum Gasteiger partial charge on any atom is 0.231 e. The van der Waals surface area contributed by atoms with Crippen LogP contribution in [0.5, 0.6) is 0 Å². The predicted molar refractivity (Wildman–Crippen MR) is 155 cm³/mol. The Morgan fingerprint density at radius 3 is 2.22 bits per heavy atom. The Morgan fingerprint density at radius 2 is 1.67 bits per heavy atom. The number of hydrogen-bond acceptors (Lipinski definition) is 1. The molecule has 1 amide bonds. The van der Waals surface area contributed by atoms with Crippen LogP contribution in [0.15, 0.2) is 72.8 Å². The summed E-state index contributed by atoms with van der Waals surface area (Å²) < 4.78 is 0. The zero-order valence-electron chi connectivity index (χ0n) is 22.2. The van der Waals surface area contributed by atoms with Crippen molar-refractivity contribution in [2.24, 2.45) is 11.3 Å². The highest BCUT2D eigenvalue weighted by Gasteiger charge is 2.26. The first-order valence-corrected chi connectivity index (χ1v) is 13.5. The first-order valence-electron chi connectivity index (χ1n) is 13.1. The van der Waals surface area contributed by atoms with Crippen molar-refractivity contribution in [1.82, 2.24) is 0 Å². The number of allylic oxidation sites excluding steroid dienone is 2. The Labute approximate surface area is 221 Å². The number of amides is 1. The molecule has 0 radical (unpaired) electrons. The SMILES string of the molecule is CCC(C(=O)Nc1ccc(-c2ccc(Cl)cc2C)cc1)c1ccc(C2=CCC(C(C)(C)C)CC2)cc1. The van der Waals surface area contributed by atoms with Crippen molar-refractivity contribution < 1.29 is 4.79 Å². The van der Waals surface area contributed by atoms with E-state index in [0.717, 1.165) is 58.1 Å². The molecule has 2 unspecified atom stereocenters. The smallest absolute Gasteiger partial charge is 0.231 e. The highest BCUT2D eigenvalue weighted by molar-refractivity contribution is 6.30. The number of carbonyl (C=O) groups is 1. The fourth-order valence-corrected chi connectivity index (χ4v) is 5.53. The lowest BCUT2D eigenvalue weighted by Crippen LogP contribution is -2.22. The zero-order valence-corrected chi connectivity index (χ0v) is 23.0. The van der Waals surface area contributed by atoms with E-state index < -0.39 is 0 Å². The quantitative estimate of drug-likeness (QED) is 0.359. The molecule has 0 aliphatic heterocycles. The molecule has 3 aromatic rings. The van der Waals surface area contributed by atoms with Gasteiger partial charge in [0.1, 0.15) is 0 Å². The minimum atomic E-state index is -0.178. The Bertz CT molecular complexity index is 1230. The van der Waals surface area contributed by atoms with E-state index in [2.05, 4.69) is 70.3 Å². The van der Waals surface area contributed by atoms with Gasteiger partial charge in [-0.1, -0.05) is 87.8 Å². The van der Waals surface area contributed by atoms with E-state index in [-0.39, 0.29) is 11.8 Å². The van der Waals surface area contributed by atoms with Gasteiger partial charge in [-0.2, -0.15) is 0 Å². The highest BCUT2D eigenvalue weighted by Crippen LogP contribution is 2.40. The first-order chi connectivity index (χ1) is 17.2. The number of carbonyl (C=O) groups excluding carboxylic acids is 1. The topological polar surface area (TPSA) is 29.1 Å². The predicted octanol–water partition coefficient (Wildman–Crippen LogP) is 9.68. The van der Waals surface area contributed by atoms with Crippen molar-refractivity contribution >= 4 is 28.8 Å². The molecule has 1 aliphatic carbocycles. The van der Waals surface area contributed by atoms with Crippen LogP contribution in [-0.4, -0.2) is 5.91 Å². The van der Waals surface area contributed by atoms with E-state index >= 15 is 0 Å². The largest absolute Gasteiger partial charge is 0.326 e. The molecule has 36 heavy (non-hydrogen) atoms. The molecular weight excluding hydrogens is 462 g/mol. The van der Waals surface area contributed by atoms with Crippen molar-refractivity contribution in [3.63, 3.8) is 0 Å². The number of benzene rings is 3. The molecule has 0 saturated carbocycles. The standard InChI is InChI=1S/C33H38ClNO/c1-6-30(25-9-7-23(8-10-25)24-11-15-27(16-12-24)33(3,4)5)32(36)35-29-18-13-26(14-19-29)31-20-17-28(34)21-22(31)2/h7-11,13-14,17-21,27,30H,6,12,15-16H2,1-5H3,(H,35,36). The Balaban J connectivity index is 1.42. The van der Waals surface area contributed by atoms with Crippen LogP contribution in [-0.2, 0) is 4.79 Å². The molecule has 0 bridgehead atoms. The average Bonchev–Trinajstić information content (AvgIpc) is 2.85. The molecule has 1 N–H and O–H groups in total. The van der Waals surface area contributed by atoms with Crippen LogP contribution in [0, 0.1) is 18.3 Å². The van der Waals surface area contributed by atoms with Crippen LogP contribution in [0.4, 0.5) is 5.69 Å². The average molecular weight is 500 g/mol. The second-order valence-electron chi connectivity index (χ2n) is 11.2. The zero-order chi connectivity index (χ0) is 25.9. The molecule has 3 heteroatoms. The van der Waals surface area contributed by atoms with Crippen LogP contribution in [0.25, 0.3) is 16.7 Å². The van der Waals surface area contributed by atoms with Crippen LogP contribution >= 0.6 is 11.6 Å². The molecule has 0 fully saturated rings. The summed E-state index contributed by atoms with van der Waals surface area (Å²) in [7, 11) is 0. The van der Waals surface area contributed by atoms with Gasteiger partial charge < -0.3 is 5.32 Å². The molecule has 188 valence electrons. The third kappa shape index (κ3) is 6.10. The summed E-state index contributed by atoms with van der Waals surface area (Å²) in [6.07, 6.45) is 6.70. The van der Waals surface area contributed by atoms with Crippen molar-refractivity contribution in [3.05, 3.63) is 94.5 Å². The lowest BCUT2D eigenvalue weighted by molar-refractivity contribution is -0.117. The minimum Gasteiger partial charge on any atom is -0.326 e. The van der Waals surface area contributed by atoms with Gasteiger partial charge in [0.25, 0.3) is 0 Å². The fraction of sp³-hybridized carbons (Fsp3) is 0.364. The number of rotatable bonds is 6. The van der Waals surface area contributed by atoms with Crippen LogP contribution in [0.1, 0.15) is 76.0 Å². The summed E-state index contributed by atoms with van der Waals surface area (Å²) in [6.45, 7) is 11.2. The van der Waals surface area contributed by atoms with E-state index in [1.165, 1.54) is 17.6 Å². The van der Waals surface area contributed by atoms with E-state index in [1.54, 1.807) is 0 Å². The minimum absolute atomic E-state index is 0.0329. The highest BCUT2D eigenvalue weighted by atomic mass is 35.5. The van der Waals surface area contributed by atoms with Crippen LogP contribution in [0.2, 0.25) is 5.02 Å². The van der Waals surface area contributed by atoms with Gasteiger partial charge in [0.05, 0.1) is 5.92 Å². The molecule has 3 aromatic carbocycles. The van der Waals surface area contributed by atoms with E-state index in [9.17, 15) is 4.79 Å². The summed E-state index contributed by atoms with van der Waals surface area (Å²) in [4.78, 5) is 13.2. The third-order valence-electron chi connectivity index (χ3n) is 7.70. The normalized spacial score (nSPS) is 16.8. The van der Waals surface area contributed by atoms with Gasteiger partial charge in [-0.05, 0) is 102 Å². The van der Waals surface area contributed by atoms with Crippen molar-refractivity contribution in [3.8, 4) is 11.1 Å². The molecule has 2 atom stereocenters. The number of hydrogen-bond donors (Lipinski definition) is 1. The summed E-state index contributed by atoms with van der Waals surface area (Å²) in [5.41, 5.74) is 8.35. The summed E-state index contributed by atoms with van der Waals surface area (Å²) in [5.74, 6) is 0.603.